The molecule has 0 radical (unpaired) electrons. The Morgan fingerprint density at radius 3 is 1.67 bits per heavy atom. The molecule has 0 saturated carbocycles. The Morgan fingerprint density at radius 1 is 1.33 bits per heavy atom. The molecule has 1 unspecified atom stereocenters. The molecule has 0 bridgehead atoms. The van der Waals surface area contributed by atoms with Crippen molar-refractivity contribution in [1.29, 1.82) is 0 Å². The minimum absolute atomic E-state index is 0. The highest BCUT2D eigenvalue weighted by molar-refractivity contribution is 5.85. The van der Waals surface area contributed by atoms with Crippen molar-refractivity contribution in [3.63, 3.8) is 0 Å². The van der Waals surface area contributed by atoms with Crippen molar-refractivity contribution in [3.05, 3.63) is 0 Å². The van der Waals surface area contributed by atoms with Crippen molar-refractivity contribution >= 4 is 24.8 Å². The van der Waals surface area contributed by atoms with Crippen molar-refractivity contribution in [2.45, 2.75) is 26.3 Å². The van der Waals surface area contributed by atoms with Gasteiger partial charge in [-0.3, -0.25) is 4.90 Å². The highest BCUT2D eigenvalue weighted by Crippen LogP contribution is 2.29. The summed E-state index contributed by atoms with van der Waals surface area (Å²) in [6.45, 7) is 9.26. The SMILES string of the molecule is CCN1CC1(C)C.Cl.Cl. The van der Waals surface area contributed by atoms with Crippen LogP contribution in [0.15, 0.2) is 0 Å². The third-order valence-corrected chi connectivity index (χ3v) is 1.71. The highest BCUT2D eigenvalue weighted by atomic mass is 35.5. The first-order valence-corrected chi connectivity index (χ1v) is 2.92. The van der Waals surface area contributed by atoms with Gasteiger partial charge in [0.1, 0.15) is 0 Å². The lowest BCUT2D eigenvalue weighted by molar-refractivity contribution is 0.469. The summed E-state index contributed by atoms with van der Waals surface area (Å²) >= 11 is 0. The zero-order chi connectivity index (χ0) is 5.49. The number of rotatable bonds is 1. The van der Waals surface area contributed by atoms with Gasteiger partial charge in [-0.1, -0.05) is 6.92 Å². The third kappa shape index (κ3) is 2.74. The quantitative estimate of drug-likeness (QED) is 0.546. The van der Waals surface area contributed by atoms with E-state index in [0.717, 1.165) is 0 Å². The molecule has 1 saturated heterocycles. The van der Waals surface area contributed by atoms with Crippen LogP contribution < -0.4 is 0 Å². The van der Waals surface area contributed by atoms with Gasteiger partial charge in [-0.05, 0) is 20.4 Å². The second kappa shape index (κ2) is 3.65. The minimum atomic E-state index is 0. The van der Waals surface area contributed by atoms with Gasteiger partial charge in [0.2, 0.25) is 0 Å². The lowest BCUT2D eigenvalue weighted by atomic mass is 10.2. The van der Waals surface area contributed by atoms with Crippen molar-refractivity contribution in [2.24, 2.45) is 0 Å². The first-order valence-electron chi connectivity index (χ1n) is 2.92. The molecule has 0 spiro atoms. The Kier molecular flexibility index (Phi) is 4.96. The molecule has 1 fully saturated rings. The van der Waals surface area contributed by atoms with Gasteiger partial charge in [0.25, 0.3) is 0 Å². The molecular formula is C6H15Cl2N. The Morgan fingerprint density at radius 2 is 1.67 bits per heavy atom. The summed E-state index contributed by atoms with van der Waals surface area (Å²) in [6, 6.07) is 0. The lowest BCUT2D eigenvalue weighted by Gasteiger charge is -1.99. The second-order valence-electron chi connectivity index (χ2n) is 2.83. The van der Waals surface area contributed by atoms with Crippen LogP contribution in [0, 0.1) is 0 Å². The van der Waals surface area contributed by atoms with Crippen molar-refractivity contribution < 1.29 is 0 Å². The fourth-order valence-corrected chi connectivity index (χ4v) is 0.972. The van der Waals surface area contributed by atoms with Crippen LogP contribution in [0.4, 0.5) is 0 Å². The zero-order valence-corrected chi connectivity index (χ0v) is 7.81. The van der Waals surface area contributed by atoms with E-state index in [1.165, 1.54) is 13.1 Å². The lowest BCUT2D eigenvalue weighted by Crippen LogP contribution is -2.07. The Labute approximate surface area is 69.6 Å². The summed E-state index contributed by atoms with van der Waals surface area (Å²) in [5.74, 6) is 0. The Bertz CT molecular complexity index is 83.1. The second-order valence-corrected chi connectivity index (χ2v) is 2.83. The predicted octanol–water partition coefficient (Wildman–Crippen LogP) is 1.94. The van der Waals surface area contributed by atoms with E-state index < -0.39 is 0 Å². The predicted molar refractivity (Wildman–Crippen MR) is 45.8 cm³/mol. The van der Waals surface area contributed by atoms with E-state index in [2.05, 4.69) is 25.7 Å². The molecule has 0 aromatic heterocycles. The van der Waals surface area contributed by atoms with Crippen molar-refractivity contribution in [1.82, 2.24) is 4.90 Å². The standard InChI is InChI=1S/C6H13N.2ClH/c1-4-7-5-6(7,2)3;;/h4-5H2,1-3H3;2*1H. The number of hydrogen-bond acceptors (Lipinski definition) is 1. The van der Waals surface area contributed by atoms with Gasteiger partial charge in [-0.2, -0.15) is 0 Å². The van der Waals surface area contributed by atoms with Gasteiger partial charge in [0.05, 0.1) is 0 Å². The smallest absolute Gasteiger partial charge is 0.0281 e. The molecule has 1 atom stereocenters. The summed E-state index contributed by atoms with van der Waals surface area (Å²) in [7, 11) is 0. The maximum absolute atomic E-state index is 2.44. The maximum atomic E-state index is 2.44. The highest BCUT2D eigenvalue weighted by Gasteiger charge is 2.40. The molecule has 0 aromatic carbocycles. The van der Waals surface area contributed by atoms with Crippen molar-refractivity contribution in [3.8, 4) is 0 Å². The molecule has 9 heavy (non-hydrogen) atoms. The average molecular weight is 172 g/mol. The number of hydrogen-bond donors (Lipinski definition) is 0. The van der Waals surface area contributed by atoms with E-state index in [1.807, 2.05) is 0 Å². The molecule has 0 aliphatic carbocycles. The fourth-order valence-electron chi connectivity index (χ4n) is 0.972. The molecule has 1 nitrogen and oxygen atoms in total. The van der Waals surface area contributed by atoms with Crippen LogP contribution in [0.5, 0.6) is 0 Å². The maximum Gasteiger partial charge on any atom is 0.0281 e. The minimum Gasteiger partial charge on any atom is -0.295 e. The van der Waals surface area contributed by atoms with E-state index in [-0.39, 0.29) is 24.8 Å². The Balaban J connectivity index is 0. The van der Waals surface area contributed by atoms with Crippen LogP contribution in [0.3, 0.4) is 0 Å². The fraction of sp³-hybridized carbons (Fsp3) is 1.00. The molecule has 1 aliphatic heterocycles. The van der Waals surface area contributed by atoms with E-state index >= 15 is 0 Å². The topological polar surface area (TPSA) is 3.01 Å². The van der Waals surface area contributed by atoms with Gasteiger partial charge in [0, 0.05) is 12.1 Å². The van der Waals surface area contributed by atoms with E-state index in [1.54, 1.807) is 0 Å². The van der Waals surface area contributed by atoms with Crippen LogP contribution in [0.25, 0.3) is 0 Å². The van der Waals surface area contributed by atoms with Crippen LogP contribution in [-0.4, -0.2) is 23.5 Å². The van der Waals surface area contributed by atoms with Crippen LogP contribution in [-0.2, 0) is 0 Å². The van der Waals surface area contributed by atoms with Gasteiger partial charge >= 0.3 is 0 Å². The third-order valence-electron chi connectivity index (χ3n) is 1.71. The average Bonchev–Trinajstić information content (AvgIpc) is 2.13. The molecule has 1 heterocycles. The molecule has 0 N–H and O–H groups in total. The monoisotopic (exact) mass is 171 g/mol. The normalized spacial score (nSPS) is 27.7. The van der Waals surface area contributed by atoms with Crippen molar-refractivity contribution in [2.75, 3.05) is 13.1 Å². The summed E-state index contributed by atoms with van der Waals surface area (Å²) < 4.78 is 0. The molecular weight excluding hydrogens is 157 g/mol. The van der Waals surface area contributed by atoms with Gasteiger partial charge in [-0.25, -0.2) is 0 Å². The van der Waals surface area contributed by atoms with Gasteiger partial charge in [0.15, 0.2) is 0 Å². The zero-order valence-electron chi connectivity index (χ0n) is 6.18. The number of likely N-dealkylation sites (N-methyl/N-ethyl adjacent to an activating group) is 1. The first kappa shape index (κ1) is 12.2. The van der Waals surface area contributed by atoms with Crippen LogP contribution >= 0.6 is 24.8 Å². The molecule has 3 heteroatoms. The largest absolute Gasteiger partial charge is 0.295 e. The molecule has 1 aliphatic rings. The van der Waals surface area contributed by atoms with Crippen LogP contribution in [0.2, 0.25) is 0 Å². The van der Waals surface area contributed by atoms with E-state index in [4.69, 9.17) is 0 Å². The molecule has 0 amide bonds. The van der Waals surface area contributed by atoms with Crippen LogP contribution in [0.1, 0.15) is 20.8 Å². The number of nitrogens with zero attached hydrogens (tertiary/aromatic N) is 1. The summed E-state index contributed by atoms with van der Waals surface area (Å²) in [6.07, 6.45) is 0. The van der Waals surface area contributed by atoms with E-state index in [9.17, 15) is 0 Å². The Hall–Kier alpha value is 0.540. The number of halogens is 2. The molecule has 1 rings (SSSR count). The summed E-state index contributed by atoms with van der Waals surface area (Å²) in [4.78, 5) is 2.44. The molecule has 0 aromatic rings. The van der Waals surface area contributed by atoms with Gasteiger partial charge < -0.3 is 0 Å². The molecule has 58 valence electrons. The van der Waals surface area contributed by atoms with Gasteiger partial charge in [-0.15, -0.1) is 24.8 Å². The summed E-state index contributed by atoms with van der Waals surface area (Å²) in [5.41, 5.74) is 0.550. The van der Waals surface area contributed by atoms with E-state index in [0.29, 0.717) is 5.54 Å². The first-order chi connectivity index (χ1) is 3.17. The summed E-state index contributed by atoms with van der Waals surface area (Å²) in [5, 5.41) is 0.